The lowest BCUT2D eigenvalue weighted by atomic mass is 10.1. The summed E-state index contributed by atoms with van der Waals surface area (Å²) in [6, 6.07) is 9.15. The lowest BCUT2D eigenvalue weighted by Crippen LogP contribution is -2.36. The predicted octanol–water partition coefficient (Wildman–Crippen LogP) is 2.84. The summed E-state index contributed by atoms with van der Waals surface area (Å²) in [5, 5.41) is 8.37. The van der Waals surface area contributed by atoms with Crippen molar-refractivity contribution in [2.24, 2.45) is 7.05 Å². The Morgan fingerprint density at radius 1 is 1.20 bits per heavy atom. The number of aryl methyl sites for hydroxylation is 2. The van der Waals surface area contributed by atoms with Crippen molar-refractivity contribution in [3.63, 3.8) is 0 Å². The second-order valence-electron chi connectivity index (χ2n) is 6.21. The molecule has 0 saturated carbocycles. The lowest BCUT2D eigenvalue weighted by molar-refractivity contribution is 0.0962. The van der Waals surface area contributed by atoms with Crippen molar-refractivity contribution < 1.29 is 9.59 Å². The predicted molar refractivity (Wildman–Crippen MR) is 99.9 cm³/mol. The Balaban J connectivity index is 1.91. The summed E-state index contributed by atoms with van der Waals surface area (Å²) >= 11 is 0. The quantitative estimate of drug-likeness (QED) is 0.755. The van der Waals surface area contributed by atoms with Crippen molar-refractivity contribution in [3.8, 4) is 0 Å². The molecule has 0 bridgehead atoms. The molecular formula is C19H26N4O2. The molecule has 0 fully saturated rings. The monoisotopic (exact) mass is 342 g/mol. The van der Waals surface area contributed by atoms with E-state index in [1.165, 1.54) is 5.69 Å². The number of rotatable bonds is 6. The van der Waals surface area contributed by atoms with Crippen molar-refractivity contribution in [1.29, 1.82) is 0 Å². The summed E-state index contributed by atoms with van der Waals surface area (Å²) in [4.78, 5) is 24.1. The normalized spacial score (nSPS) is 11.7. The Labute approximate surface area is 148 Å². The highest BCUT2D eigenvalue weighted by Crippen LogP contribution is 2.19. The summed E-state index contributed by atoms with van der Waals surface area (Å²) < 4.78 is 2.08. The number of nitrogens with one attached hydrogen (secondary N) is 3. The first-order valence-corrected chi connectivity index (χ1v) is 8.41. The number of anilines is 1. The largest absolute Gasteiger partial charge is 0.355 e. The topological polar surface area (TPSA) is 75.2 Å². The zero-order valence-electron chi connectivity index (χ0n) is 15.2. The van der Waals surface area contributed by atoms with Gasteiger partial charge in [-0.3, -0.25) is 4.79 Å². The SMILES string of the molecule is CNC(=O)c1cccc(NC(=O)N[C@@H](C)CCc2cccn2C)c1C. The van der Waals surface area contributed by atoms with Crippen LogP contribution >= 0.6 is 0 Å². The second-order valence-corrected chi connectivity index (χ2v) is 6.21. The first-order valence-electron chi connectivity index (χ1n) is 8.41. The third-order valence-electron chi connectivity index (χ3n) is 4.32. The van der Waals surface area contributed by atoms with E-state index >= 15 is 0 Å². The van der Waals surface area contributed by atoms with Gasteiger partial charge in [-0.2, -0.15) is 0 Å². The fourth-order valence-corrected chi connectivity index (χ4v) is 2.73. The van der Waals surface area contributed by atoms with Crippen LogP contribution in [0.1, 0.15) is 35.0 Å². The molecule has 1 aromatic heterocycles. The van der Waals surface area contributed by atoms with Crippen molar-refractivity contribution >= 4 is 17.6 Å². The van der Waals surface area contributed by atoms with Gasteiger partial charge in [0, 0.05) is 43.3 Å². The Morgan fingerprint density at radius 2 is 1.96 bits per heavy atom. The molecule has 6 nitrogen and oxygen atoms in total. The van der Waals surface area contributed by atoms with Crippen LogP contribution in [0.25, 0.3) is 0 Å². The molecule has 0 spiro atoms. The molecule has 0 aliphatic rings. The summed E-state index contributed by atoms with van der Waals surface area (Å²) in [5.41, 5.74) is 3.17. The minimum atomic E-state index is -0.267. The Bertz CT molecular complexity index is 752. The van der Waals surface area contributed by atoms with E-state index in [9.17, 15) is 9.59 Å². The van der Waals surface area contributed by atoms with Crippen molar-refractivity contribution in [3.05, 3.63) is 53.3 Å². The first-order chi connectivity index (χ1) is 11.9. The molecule has 2 rings (SSSR count). The molecular weight excluding hydrogens is 316 g/mol. The lowest BCUT2D eigenvalue weighted by Gasteiger charge is -2.16. The van der Waals surface area contributed by atoms with E-state index in [1.807, 2.05) is 33.2 Å². The zero-order chi connectivity index (χ0) is 18.4. The molecule has 3 amide bonds. The molecule has 134 valence electrons. The first kappa shape index (κ1) is 18.6. The number of carbonyl (C=O) groups is 2. The van der Waals surface area contributed by atoms with Crippen LogP contribution in [0.2, 0.25) is 0 Å². The number of aromatic nitrogens is 1. The highest BCUT2D eigenvalue weighted by Gasteiger charge is 2.13. The van der Waals surface area contributed by atoms with Crippen LogP contribution < -0.4 is 16.0 Å². The van der Waals surface area contributed by atoms with Gasteiger partial charge < -0.3 is 20.5 Å². The smallest absolute Gasteiger partial charge is 0.319 e. The van der Waals surface area contributed by atoms with Gasteiger partial charge in [0.25, 0.3) is 5.91 Å². The van der Waals surface area contributed by atoms with Gasteiger partial charge in [0.05, 0.1) is 0 Å². The molecule has 3 N–H and O–H groups in total. The molecule has 25 heavy (non-hydrogen) atoms. The van der Waals surface area contributed by atoms with Crippen LogP contribution in [0.15, 0.2) is 36.5 Å². The maximum atomic E-state index is 12.2. The van der Waals surface area contributed by atoms with Gasteiger partial charge in [-0.1, -0.05) is 6.07 Å². The molecule has 0 aliphatic carbocycles. The number of nitrogens with zero attached hydrogens (tertiary/aromatic N) is 1. The number of amides is 3. The minimum Gasteiger partial charge on any atom is -0.355 e. The molecule has 0 radical (unpaired) electrons. The number of hydrogen-bond donors (Lipinski definition) is 3. The van der Waals surface area contributed by atoms with Gasteiger partial charge in [-0.15, -0.1) is 0 Å². The molecule has 1 atom stereocenters. The molecule has 1 heterocycles. The van der Waals surface area contributed by atoms with Crippen LogP contribution in [0.5, 0.6) is 0 Å². The Hall–Kier alpha value is -2.76. The van der Waals surface area contributed by atoms with Gasteiger partial charge in [0.1, 0.15) is 0 Å². The van der Waals surface area contributed by atoms with Gasteiger partial charge in [0.15, 0.2) is 0 Å². The van der Waals surface area contributed by atoms with E-state index in [-0.39, 0.29) is 18.0 Å². The van der Waals surface area contributed by atoms with Crippen LogP contribution in [0.3, 0.4) is 0 Å². The number of carbonyl (C=O) groups excluding carboxylic acids is 2. The molecule has 0 aliphatic heterocycles. The van der Waals surface area contributed by atoms with Crippen LogP contribution in [-0.2, 0) is 13.5 Å². The van der Waals surface area contributed by atoms with E-state index in [0.717, 1.165) is 18.4 Å². The average molecular weight is 342 g/mol. The number of benzene rings is 1. The van der Waals surface area contributed by atoms with E-state index in [4.69, 9.17) is 0 Å². The van der Waals surface area contributed by atoms with Crippen molar-refractivity contribution in [1.82, 2.24) is 15.2 Å². The molecule has 2 aromatic rings. The van der Waals surface area contributed by atoms with Gasteiger partial charge in [0.2, 0.25) is 0 Å². The molecule has 0 unspecified atom stereocenters. The van der Waals surface area contributed by atoms with E-state index in [1.54, 1.807) is 25.2 Å². The molecule has 1 aromatic carbocycles. The summed E-state index contributed by atoms with van der Waals surface area (Å²) in [6.45, 7) is 3.80. The molecule has 0 saturated heterocycles. The maximum Gasteiger partial charge on any atom is 0.319 e. The number of urea groups is 1. The number of hydrogen-bond acceptors (Lipinski definition) is 2. The van der Waals surface area contributed by atoms with E-state index in [0.29, 0.717) is 11.3 Å². The average Bonchev–Trinajstić information content (AvgIpc) is 2.99. The Kier molecular flexibility index (Phi) is 6.22. The summed E-state index contributed by atoms with van der Waals surface area (Å²) in [7, 11) is 3.60. The van der Waals surface area contributed by atoms with Crippen LogP contribution in [0, 0.1) is 6.92 Å². The summed E-state index contributed by atoms with van der Waals surface area (Å²) in [6.07, 6.45) is 3.76. The zero-order valence-corrected chi connectivity index (χ0v) is 15.2. The fourth-order valence-electron chi connectivity index (χ4n) is 2.73. The van der Waals surface area contributed by atoms with Gasteiger partial charge in [-0.25, -0.2) is 4.79 Å². The van der Waals surface area contributed by atoms with E-state index < -0.39 is 0 Å². The second kappa shape index (κ2) is 8.37. The van der Waals surface area contributed by atoms with Gasteiger partial charge >= 0.3 is 6.03 Å². The maximum absolute atomic E-state index is 12.2. The Morgan fingerprint density at radius 3 is 2.60 bits per heavy atom. The fraction of sp³-hybridized carbons (Fsp3) is 0.368. The van der Waals surface area contributed by atoms with Crippen LogP contribution in [0.4, 0.5) is 10.5 Å². The minimum absolute atomic E-state index is 0.0392. The standard InChI is InChI=1S/C19H26N4O2/c1-13(10-11-15-7-6-12-23(15)4)21-19(25)22-17-9-5-8-16(14(17)2)18(24)20-3/h5-9,12-13H,10-11H2,1-4H3,(H,20,24)(H2,21,22,25)/t13-/m0/s1. The highest BCUT2D eigenvalue weighted by molar-refractivity contribution is 5.98. The summed E-state index contributed by atoms with van der Waals surface area (Å²) in [5.74, 6) is -0.169. The third-order valence-corrected chi connectivity index (χ3v) is 4.32. The van der Waals surface area contributed by atoms with Crippen LogP contribution in [-0.4, -0.2) is 29.6 Å². The van der Waals surface area contributed by atoms with Crippen molar-refractivity contribution in [2.45, 2.75) is 32.7 Å². The van der Waals surface area contributed by atoms with Crippen molar-refractivity contribution in [2.75, 3.05) is 12.4 Å². The third kappa shape index (κ3) is 4.86. The molecule has 6 heteroatoms. The van der Waals surface area contributed by atoms with E-state index in [2.05, 4.69) is 26.6 Å². The highest BCUT2D eigenvalue weighted by atomic mass is 16.2. The van der Waals surface area contributed by atoms with Gasteiger partial charge in [-0.05, 0) is 56.5 Å².